The molecule has 0 fully saturated rings. The van der Waals surface area contributed by atoms with Gasteiger partial charge in [-0.25, -0.2) is 19.2 Å². The Balaban J connectivity index is 2.40. The highest BCUT2D eigenvalue weighted by Gasteiger charge is 2.17. The van der Waals surface area contributed by atoms with Crippen LogP contribution in [0.3, 0.4) is 0 Å². The standard InChI is InChI=1S/C13H11ClFN3O2/c1-6-10(13(19)20)12(16)18-9(17-6)5-7-3-2-4-8(14)11(7)15/h2-4H,5H2,1H3,(H,19,20)(H2,16,17,18). The predicted octanol–water partition coefficient (Wildman–Crippen LogP) is 2.45. The van der Waals surface area contributed by atoms with Crippen LogP contribution in [-0.4, -0.2) is 21.0 Å². The molecule has 0 saturated carbocycles. The van der Waals surface area contributed by atoms with Gasteiger partial charge in [-0.05, 0) is 18.6 Å². The van der Waals surface area contributed by atoms with Gasteiger partial charge in [-0.2, -0.15) is 0 Å². The number of aromatic carboxylic acids is 1. The summed E-state index contributed by atoms with van der Waals surface area (Å²) in [6, 6.07) is 4.61. The fraction of sp³-hybridized carbons (Fsp3) is 0.154. The minimum atomic E-state index is -1.19. The quantitative estimate of drug-likeness (QED) is 0.908. The van der Waals surface area contributed by atoms with Crippen molar-refractivity contribution in [1.82, 2.24) is 9.97 Å². The van der Waals surface area contributed by atoms with E-state index >= 15 is 0 Å². The molecule has 3 N–H and O–H groups in total. The summed E-state index contributed by atoms with van der Waals surface area (Å²) in [6.45, 7) is 1.51. The highest BCUT2D eigenvalue weighted by Crippen LogP contribution is 2.21. The summed E-state index contributed by atoms with van der Waals surface area (Å²) in [5.74, 6) is -1.63. The molecular formula is C13H11ClFN3O2. The summed E-state index contributed by atoms with van der Waals surface area (Å²) in [5.41, 5.74) is 6.01. The molecule has 2 rings (SSSR count). The summed E-state index contributed by atoms with van der Waals surface area (Å²) >= 11 is 5.69. The lowest BCUT2D eigenvalue weighted by Crippen LogP contribution is -2.12. The Morgan fingerprint density at radius 3 is 2.75 bits per heavy atom. The lowest BCUT2D eigenvalue weighted by atomic mass is 10.1. The van der Waals surface area contributed by atoms with E-state index in [4.69, 9.17) is 22.4 Å². The number of hydrogen-bond acceptors (Lipinski definition) is 4. The van der Waals surface area contributed by atoms with E-state index in [0.29, 0.717) is 5.56 Å². The summed E-state index contributed by atoms with van der Waals surface area (Å²) in [4.78, 5) is 18.9. The maximum atomic E-state index is 13.8. The van der Waals surface area contributed by atoms with Gasteiger partial charge in [-0.15, -0.1) is 0 Å². The van der Waals surface area contributed by atoms with Gasteiger partial charge in [0.2, 0.25) is 0 Å². The van der Waals surface area contributed by atoms with Crippen LogP contribution in [0.4, 0.5) is 10.2 Å². The van der Waals surface area contributed by atoms with Gasteiger partial charge in [0.1, 0.15) is 23.0 Å². The first kappa shape index (κ1) is 14.2. The highest BCUT2D eigenvalue weighted by molar-refractivity contribution is 6.30. The fourth-order valence-electron chi connectivity index (χ4n) is 1.85. The van der Waals surface area contributed by atoms with Gasteiger partial charge in [0.05, 0.1) is 10.7 Å². The second kappa shape index (κ2) is 5.42. The number of carboxylic acid groups (broad SMARTS) is 1. The van der Waals surface area contributed by atoms with Crippen LogP contribution in [0.5, 0.6) is 0 Å². The lowest BCUT2D eigenvalue weighted by molar-refractivity contribution is 0.0696. The van der Waals surface area contributed by atoms with E-state index < -0.39 is 11.8 Å². The number of carbonyl (C=O) groups is 1. The van der Waals surface area contributed by atoms with Crippen LogP contribution in [0.15, 0.2) is 18.2 Å². The number of aryl methyl sites for hydroxylation is 1. The van der Waals surface area contributed by atoms with Crippen molar-refractivity contribution in [3.8, 4) is 0 Å². The van der Waals surface area contributed by atoms with Gasteiger partial charge in [0.25, 0.3) is 0 Å². The molecule has 0 bridgehead atoms. The van der Waals surface area contributed by atoms with E-state index in [2.05, 4.69) is 9.97 Å². The molecule has 0 saturated heterocycles. The number of halogens is 2. The molecule has 1 aromatic heterocycles. The van der Waals surface area contributed by atoms with Crippen molar-refractivity contribution in [3.05, 3.63) is 51.7 Å². The van der Waals surface area contributed by atoms with E-state index in [1.165, 1.54) is 13.0 Å². The van der Waals surface area contributed by atoms with E-state index in [1.54, 1.807) is 12.1 Å². The monoisotopic (exact) mass is 295 g/mol. The van der Waals surface area contributed by atoms with Crippen molar-refractivity contribution < 1.29 is 14.3 Å². The Kier molecular flexibility index (Phi) is 3.85. The van der Waals surface area contributed by atoms with Crippen LogP contribution >= 0.6 is 11.6 Å². The fourth-order valence-corrected chi connectivity index (χ4v) is 2.05. The van der Waals surface area contributed by atoms with Gasteiger partial charge in [-0.1, -0.05) is 23.7 Å². The second-order valence-corrected chi connectivity index (χ2v) is 4.59. The number of nitrogens with zero attached hydrogens (tertiary/aromatic N) is 2. The molecule has 0 spiro atoms. The molecule has 0 amide bonds. The number of rotatable bonds is 3. The van der Waals surface area contributed by atoms with Crippen molar-refractivity contribution in [3.63, 3.8) is 0 Å². The molecule has 0 aliphatic rings. The first-order chi connectivity index (χ1) is 9.40. The van der Waals surface area contributed by atoms with Gasteiger partial charge in [0.15, 0.2) is 0 Å². The van der Waals surface area contributed by atoms with Crippen LogP contribution in [0.2, 0.25) is 5.02 Å². The van der Waals surface area contributed by atoms with Crippen molar-refractivity contribution in [1.29, 1.82) is 0 Å². The van der Waals surface area contributed by atoms with Gasteiger partial charge in [-0.3, -0.25) is 0 Å². The maximum absolute atomic E-state index is 13.8. The lowest BCUT2D eigenvalue weighted by Gasteiger charge is -2.08. The van der Waals surface area contributed by atoms with Crippen LogP contribution in [0.25, 0.3) is 0 Å². The average molecular weight is 296 g/mol. The summed E-state index contributed by atoms with van der Waals surface area (Å²) < 4.78 is 13.8. The molecule has 20 heavy (non-hydrogen) atoms. The largest absolute Gasteiger partial charge is 0.477 e. The molecule has 2 aromatic rings. The van der Waals surface area contributed by atoms with Crippen LogP contribution in [0, 0.1) is 12.7 Å². The topological polar surface area (TPSA) is 89.1 Å². The Bertz CT molecular complexity index is 668. The molecule has 0 atom stereocenters. The van der Waals surface area contributed by atoms with Gasteiger partial charge < -0.3 is 10.8 Å². The predicted molar refractivity (Wildman–Crippen MR) is 72.4 cm³/mol. The number of carboxylic acids is 1. The van der Waals surface area contributed by atoms with E-state index in [-0.39, 0.29) is 34.3 Å². The molecule has 0 aliphatic heterocycles. The van der Waals surface area contributed by atoms with Crippen LogP contribution in [0.1, 0.15) is 27.4 Å². The minimum absolute atomic E-state index is 0.00866. The molecule has 0 aliphatic carbocycles. The number of anilines is 1. The van der Waals surface area contributed by atoms with Crippen molar-refractivity contribution in [2.75, 3.05) is 5.73 Å². The molecule has 7 heteroatoms. The Hall–Kier alpha value is -2.21. The second-order valence-electron chi connectivity index (χ2n) is 4.18. The smallest absolute Gasteiger partial charge is 0.341 e. The first-order valence-corrected chi connectivity index (χ1v) is 6.07. The van der Waals surface area contributed by atoms with Gasteiger partial charge in [0, 0.05) is 6.42 Å². The normalized spacial score (nSPS) is 10.6. The Morgan fingerprint density at radius 2 is 2.15 bits per heavy atom. The van der Waals surface area contributed by atoms with E-state index in [9.17, 15) is 9.18 Å². The molecule has 0 unspecified atom stereocenters. The van der Waals surface area contributed by atoms with Gasteiger partial charge >= 0.3 is 5.97 Å². The zero-order chi connectivity index (χ0) is 14.9. The number of hydrogen-bond donors (Lipinski definition) is 2. The highest BCUT2D eigenvalue weighted by atomic mass is 35.5. The third kappa shape index (κ3) is 2.70. The molecular weight excluding hydrogens is 285 g/mol. The Morgan fingerprint density at radius 1 is 1.45 bits per heavy atom. The molecule has 0 radical (unpaired) electrons. The average Bonchev–Trinajstić information content (AvgIpc) is 2.33. The molecule has 104 valence electrons. The maximum Gasteiger partial charge on any atom is 0.341 e. The van der Waals surface area contributed by atoms with Crippen molar-refractivity contribution >= 4 is 23.4 Å². The number of nitrogen functional groups attached to an aromatic ring is 1. The number of aromatic nitrogens is 2. The summed E-state index contributed by atoms with van der Waals surface area (Å²) in [6.07, 6.45) is 0.0807. The van der Waals surface area contributed by atoms with E-state index in [0.717, 1.165) is 0 Å². The number of benzene rings is 1. The van der Waals surface area contributed by atoms with Crippen molar-refractivity contribution in [2.24, 2.45) is 0 Å². The minimum Gasteiger partial charge on any atom is -0.477 e. The third-order valence-corrected chi connectivity index (χ3v) is 3.05. The summed E-state index contributed by atoms with van der Waals surface area (Å²) in [5, 5.41) is 8.98. The number of nitrogens with two attached hydrogens (primary N) is 1. The Labute approximate surface area is 119 Å². The molecule has 5 nitrogen and oxygen atoms in total. The van der Waals surface area contributed by atoms with Crippen molar-refractivity contribution in [2.45, 2.75) is 13.3 Å². The zero-order valence-corrected chi connectivity index (χ0v) is 11.3. The molecule has 1 aromatic carbocycles. The zero-order valence-electron chi connectivity index (χ0n) is 10.5. The third-order valence-electron chi connectivity index (χ3n) is 2.76. The summed E-state index contributed by atoms with van der Waals surface area (Å²) in [7, 11) is 0. The first-order valence-electron chi connectivity index (χ1n) is 5.69. The van der Waals surface area contributed by atoms with Crippen LogP contribution in [-0.2, 0) is 6.42 Å². The SMILES string of the molecule is Cc1nc(Cc2cccc(Cl)c2F)nc(N)c1C(=O)O. The molecule has 1 heterocycles. The van der Waals surface area contributed by atoms with Crippen LogP contribution < -0.4 is 5.73 Å². The van der Waals surface area contributed by atoms with E-state index in [1.807, 2.05) is 0 Å².